The summed E-state index contributed by atoms with van der Waals surface area (Å²) in [4.78, 5) is 0. The van der Waals surface area contributed by atoms with Crippen LogP contribution in [0, 0.1) is 0 Å². The molecule has 16 heavy (non-hydrogen) atoms. The summed E-state index contributed by atoms with van der Waals surface area (Å²) in [6.07, 6.45) is 0. The SMILES string of the molecule is CC(CN)S(=O)(=O)Cc1cccc(Cl)c1Cl. The summed E-state index contributed by atoms with van der Waals surface area (Å²) >= 11 is 11.7. The number of hydrogen-bond acceptors (Lipinski definition) is 3. The molecule has 90 valence electrons. The Balaban J connectivity index is 3.02. The second-order valence-electron chi connectivity index (χ2n) is 3.57. The topological polar surface area (TPSA) is 60.2 Å². The minimum atomic E-state index is -3.27. The van der Waals surface area contributed by atoms with Gasteiger partial charge in [0.25, 0.3) is 0 Å². The second-order valence-corrected chi connectivity index (χ2v) is 6.77. The van der Waals surface area contributed by atoms with Crippen LogP contribution in [0.15, 0.2) is 18.2 Å². The summed E-state index contributed by atoms with van der Waals surface area (Å²) < 4.78 is 23.6. The van der Waals surface area contributed by atoms with Crippen LogP contribution < -0.4 is 5.73 Å². The molecule has 0 radical (unpaired) electrons. The van der Waals surface area contributed by atoms with Gasteiger partial charge in [-0.25, -0.2) is 8.42 Å². The molecule has 1 atom stereocenters. The molecule has 0 fully saturated rings. The van der Waals surface area contributed by atoms with E-state index in [1.165, 1.54) is 0 Å². The predicted molar refractivity (Wildman–Crippen MR) is 67.6 cm³/mol. The van der Waals surface area contributed by atoms with Gasteiger partial charge in [0.15, 0.2) is 9.84 Å². The van der Waals surface area contributed by atoms with Crippen LogP contribution in [0.2, 0.25) is 10.0 Å². The molecule has 0 saturated heterocycles. The highest BCUT2D eigenvalue weighted by Gasteiger charge is 2.21. The molecule has 1 unspecified atom stereocenters. The van der Waals surface area contributed by atoms with Crippen molar-refractivity contribution in [1.29, 1.82) is 0 Å². The van der Waals surface area contributed by atoms with Gasteiger partial charge in [-0.05, 0) is 18.6 Å². The Hall–Kier alpha value is -0.290. The maximum absolute atomic E-state index is 11.8. The second kappa shape index (κ2) is 5.36. The highest BCUT2D eigenvalue weighted by atomic mass is 35.5. The third-order valence-corrected chi connectivity index (χ3v) is 5.32. The Kier molecular flexibility index (Phi) is 4.62. The first-order valence-electron chi connectivity index (χ1n) is 4.73. The molecular weight excluding hydrogens is 269 g/mol. The van der Waals surface area contributed by atoms with Crippen molar-refractivity contribution in [3.63, 3.8) is 0 Å². The lowest BCUT2D eigenvalue weighted by molar-refractivity contribution is 0.583. The molecule has 0 aliphatic carbocycles. The van der Waals surface area contributed by atoms with E-state index in [1.54, 1.807) is 25.1 Å². The Morgan fingerprint density at radius 2 is 2.00 bits per heavy atom. The summed E-state index contributed by atoms with van der Waals surface area (Å²) in [5.41, 5.74) is 5.85. The number of hydrogen-bond donors (Lipinski definition) is 1. The molecule has 2 N–H and O–H groups in total. The zero-order valence-corrected chi connectivity index (χ0v) is 11.1. The number of benzene rings is 1. The highest BCUT2D eigenvalue weighted by Crippen LogP contribution is 2.27. The van der Waals surface area contributed by atoms with Gasteiger partial charge in [-0.2, -0.15) is 0 Å². The van der Waals surface area contributed by atoms with Crippen molar-refractivity contribution in [2.45, 2.75) is 17.9 Å². The summed E-state index contributed by atoms with van der Waals surface area (Å²) in [5, 5.41) is 0.0641. The molecule has 1 aromatic rings. The number of sulfone groups is 1. The van der Waals surface area contributed by atoms with Gasteiger partial charge < -0.3 is 5.73 Å². The van der Waals surface area contributed by atoms with Crippen molar-refractivity contribution < 1.29 is 8.42 Å². The van der Waals surface area contributed by atoms with E-state index in [0.29, 0.717) is 10.6 Å². The highest BCUT2D eigenvalue weighted by molar-refractivity contribution is 7.91. The van der Waals surface area contributed by atoms with Crippen LogP contribution in [0.5, 0.6) is 0 Å². The number of halogens is 2. The normalized spacial score (nSPS) is 13.8. The molecule has 0 aliphatic heterocycles. The fourth-order valence-corrected chi connectivity index (χ4v) is 2.88. The molecule has 0 saturated carbocycles. The first-order valence-corrected chi connectivity index (χ1v) is 7.20. The van der Waals surface area contributed by atoms with Crippen molar-refractivity contribution in [1.82, 2.24) is 0 Å². The molecular formula is C10H13Cl2NO2S. The lowest BCUT2D eigenvalue weighted by Crippen LogP contribution is -2.27. The van der Waals surface area contributed by atoms with E-state index >= 15 is 0 Å². The summed E-state index contributed by atoms with van der Waals surface area (Å²) in [7, 11) is -3.27. The van der Waals surface area contributed by atoms with Gasteiger partial charge in [-0.15, -0.1) is 0 Å². The van der Waals surface area contributed by atoms with Crippen LogP contribution in [0.25, 0.3) is 0 Å². The van der Waals surface area contributed by atoms with Gasteiger partial charge >= 0.3 is 0 Å². The zero-order chi connectivity index (χ0) is 12.3. The van der Waals surface area contributed by atoms with Crippen LogP contribution in [-0.2, 0) is 15.6 Å². The maximum atomic E-state index is 11.8. The third kappa shape index (κ3) is 3.10. The van der Waals surface area contributed by atoms with E-state index in [-0.39, 0.29) is 17.3 Å². The molecule has 0 spiro atoms. The summed E-state index contributed by atoms with van der Waals surface area (Å²) in [6.45, 7) is 1.67. The standard InChI is InChI=1S/C10H13Cl2NO2S/c1-7(5-13)16(14,15)6-8-3-2-4-9(11)10(8)12/h2-4,7H,5-6,13H2,1H3. The smallest absolute Gasteiger partial charge is 0.158 e. The average molecular weight is 282 g/mol. The van der Waals surface area contributed by atoms with Crippen molar-refractivity contribution in [2.24, 2.45) is 5.73 Å². The number of rotatable bonds is 4. The summed E-state index contributed by atoms with van der Waals surface area (Å²) in [5.74, 6) is -0.134. The lowest BCUT2D eigenvalue weighted by atomic mass is 10.2. The van der Waals surface area contributed by atoms with E-state index in [2.05, 4.69) is 0 Å². The molecule has 3 nitrogen and oxygen atoms in total. The van der Waals surface area contributed by atoms with Crippen LogP contribution in [-0.4, -0.2) is 20.2 Å². The van der Waals surface area contributed by atoms with Gasteiger partial charge in [-0.3, -0.25) is 0 Å². The van der Waals surface area contributed by atoms with Crippen LogP contribution in [0.3, 0.4) is 0 Å². The van der Waals surface area contributed by atoms with Crippen LogP contribution >= 0.6 is 23.2 Å². The molecule has 0 amide bonds. The Morgan fingerprint density at radius 3 is 2.56 bits per heavy atom. The van der Waals surface area contributed by atoms with Gasteiger partial charge in [0, 0.05) is 6.54 Å². The van der Waals surface area contributed by atoms with Crippen molar-refractivity contribution in [2.75, 3.05) is 6.54 Å². The van der Waals surface area contributed by atoms with Gasteiger partial charge in [-0.1, -0.05) is 35.3 Å². The molecule has 1 rings (SSSR count). The molecule has 1 aromatic carbocycles. The molecule has 0 bridgehead atoms. The van der Waals surface area contributed by atoms with E-state index in [4.69, 9.17) is 28.9 Å². The third-order valence-electron chi connectivity index (χ3n) is 2.33. The zero-order valence-electron chi connectivity index (χ0n) is 8.78. The largest absolute Gasteiger partial charge is 0.329 e. The monoisotopic (exact) mass is 281 g/mol. The molecule has 0 heterocycles. The summed E-state index contributed by atoms with van der Waals surface area (Å²) in [6, 6.07) is 4.94. The minimum Gasteiger partial charge on any atom is -0.329 e. The molecule has 0 aromatic heterocycles. The van der Waals surface area contributed by atoms with Gasteiger partial charge in [0.1, 0.15) is 0 Å². The van der Waals surface area contributed by atoms with Crippen molar-refractivity contribution >= 4 is 33.0 Å². The van der Waals surface area contributed by atoms with Crippen molar-refractivity contribution in [3.8, 4) is 0 Å². The van der Waals surface area contributed by atoms with E-state index in [1.807, 2.05) is 0 Å². The van der Waals surface area contributed by atoms with E-state index in [9.17, 15) is 8.42 Å². The Bertz CT molecular complexity index is 474. The van der Waals surface area contributed by atoms with Crippen LogP contribution in [0.4, 0.5) is 0 Å². The van der Waals surface area contributed by atoms with Crippen molar-refractivity contribution in [3.05, 3.63) is 33.8 Å². The fourth-order valence-electron chi connectivity index (χ4n) is 1.17. The van der Waals surface area contributed by atoms with E-state index in [0.717, 1.165) is 0 Å². The first-order chi connectivity index (χ1) is 7.38. The van der Waals surface area contributed by atoms with E-state index < -0.39 is 15.1 Å². The predicted octanol–water partition coefficient (Wildman–Crippen LogP) is 2.26. The average Bonchev–Trinajstić information content (AvgIpc) is 2.23. The molecule has 0 aliphatic rings. The maximum Gasteiger partial charge on any atom is 0.158 e. The Labute approximate surface area is 105 Å². The van der Waals surface area contributed by atoms with Gasteiger partial charge in [0.2, 0.25) is 0 Å². The fraction of sp³-hybridized carbons (Fsp3) is 0.400. The number of nitrogens with two attached hydrogens (primary N) is 1. The first kappa shape index (κ1) is 13.8. The van der Waals surface area contributed by atoms with Crippen LogP contribution in [0.1, 0.15) is 12.5 Å². The Morgan fingerprint density at radius 1 is 1.38 bits per heavy atom. The van der Waals surface area contributed by atoms with Gasteiger partial charge in [0.05, 0.1) is 21.0 Å². The quantitative estimate of drug-likeness (QED) is 0.921. The molecule has 6 heteroatoms. The minimum absolute atomic E-state index is 0.0977. The lowest BCUT2D eigenvalue weighted by Gasteiger charge is -2.11.